The third kappa shape index (κ3) is 0.0819. The summed E-state index contributed by atoms with van der Waals surface area (Å²) in [6.07, 6.45) is 2.10. The molecule has 0 fully saturated rings. The van der Waals surface area contributed by atoms with Crippen LogP contribution in [0.15, 0.2) is 11.9 Å². The topological polar surface area (TPSA) is 0 Å². The first-order chi connectivity index (χ1) is 2.81. The summed E-state index contributed by atoms with van der Waals surface area (Å²) in [4.78, 5) is 0. The zero-order valence-electron chi connectivity index (χ0n) is 3.52. The first-order valence-corrected chi connectivity index (χ1v) is 1.94. The first kappa shape index (κ1) is 2.44. The molecule has 2 rings (SSSR count). The Kier molecular flexibility index (Phi) is 0.145. The Balaban J connectivity index is 2.64. The molecule has 2 heterocycles. The van der Waals surface area contributed by atoms with Crippen LogP contribution in [-0.2, 0) is 0 Å². The minimum atomic E-state index is 0.847. The summed E-state index contributed by atoms with van der Waals surface area (Å²) >= 11 is 0. The molecule has 1 heteroatoms. The van der Waals surface area contributed by atoms with Crippen LogP contribution in [0.5, 0.6) is 0 Å². The third-order valence-electron chi connectivity index (χ3n) is 1.23. The van der Waals surface area contributed by atoms with E-state index >= 15 is 0 Å². The van der Waals surface area contributed by atoms with E-state index in [1.807, 2.05) is 0 Å². The van der Waals surface area contributed by atoms with Gasteiger partial charge in [-0.25, -0.2) is 0 Å². The highest BCUT2D eigenvalue weighted by Gasteiger charge is 2.47. The molecule has 0 saturated heterocycles. The van der Waals surface area contributed by atoms with Crippen LogP contribution in [0.1, 0.15) is 0 Å². The van der Waals surface area contributed by atoms with Crippen LogP contribution in [0.25, 0.3) is 0 Å². The van der Waals surface area contributed by atoms with Gasteiger partial charge in [-0.3, -0.25) is 0 Å². The van der Waals surface area contributed by atoms with E-state index in [4.69, 9.17) is 0 Å². The molecule has 0 bridgehead atoms. The van der Waals surface area contributed by atoms with Gasteiger partial charge in [-0.15, -0.1) is 0 Å². The second-order valence-corrected chi connectivity index (χ2v) is 1.83. The van der Waals surface area contributed by atoms with E-state index < -0.39 is 0 Å². The van der Waals surface area contributed by atoms with Crippen molar-refractivity contribution in [2.75, 3.05) is 7.05 Å². The summed E-state index contributed by atoms with van der Waals surface area (Å²) in [7, 11) is 2.08. The van der Waals surface area contributed by atoms with Crippen LogP contribution in [0.4, 0.5) is 0 Å². The molecule has 0 aliphatic carbocycles. The van der Waals surface area contributed by atoms with Crippen LogP contribution >= 0.6 is 0 Å². The van der Waals surface area contributed by atoms with Crippen molar-refractivity contribution in [2.45, 2.75) is 0 Å². The first-order valence-electron chi connectivity index (χ1n) is 1.94. The van der Waals surface area contributed by atoms with Crippen LogP contribution in [-0.4, -0.2) is 11.5 Å². The lowest BCUT2D eigenvalue weighted by Crippen LogP contribution is -2.18. The van der Waals surface area contributed by atoms with Gasteiger partial charge in [-0.2, -0.15) is 4.48 Å². The Morgan fingerprint density at radius 3 is 2.50 bits per heavy atom. The predicted molar refractivity (Wildman–Crippen MR) is 22.0 cm³/mol. The lowest BCUT2D eigenvalue weighted by molar-refractivity contribution is -0.682. The minimum Gasteiger partial charge on any atom is -0.173 e. The maximum Gasteiger partial charge on any atom is 0.262 e. The zero-order valence-corrected chi connectivity index (χ0v) is 3.52. The summed E-state index contributed by atoms with van der Waals surface area (Å²) in [5.41, 5.74) is 1.29. The van der Waals surface area contributed by atoms with Gasteiger partial charge in [0.05, 0.1) is 13.0 Å². The second-order valence-electron chi connectivity index (χ2n) is 1.83. The predicted octanol–water partition coefficient (Wildman–Crippen LogP) is 0.263. The lowest BCUT2D eigenvalue weighted by atomic mass is 10.5. The Labute approximate surface area is 36.5 Å². The Morgan fingerprint density at radius 1 is 1.83 bits per heavy atom. The van der Waals surface area contributed by atoms with Gasteiger partial charge in [0.25, 0.3) is 5.70 Å². The quantitative estimate of drug-likeness (QED) is 0.288. The van der Waals surface area contributed by atoms with E-state index in [9.17, 15) is 0 Å². The van der Waals surface area contributed by atoms with Gasteiger partial charge in [-0.1, -0.05) is 0 Å². The molecule has 28 valence electrons. The smallest absolute Gasteiger partial charge is 0.173 e. The molecular weight excluding hydrogens is 74.1 g/mol. The van der Waals surface area contributed by atoms with Gasteiger partial charge in [0.2, 0.25) is 0 Å². The van der Waals surface area contributed by atoms with Gasteiger partial charge in [0.15, 0.2) is 12.2 Å². The van der Waals surface area contributed by atoms with E-state index in [2.05, 4.69) is 25.2 Å². The fourth-order valence-electron chi connectivity index (χ4n) is 0.577. The van der Waals surface area contributed by atoms with Gasteiger partial charge >= 0.3 is 0 Å². The SMILES string of the molecule is C[N+]12C#CC1=C2. The molecule has 2 aliphatic rings. The van der Waals surface area contributed by atoms with E-state index in [0.717, 1.165) is 4.48 Å². The van der Waals surface area contributed by atoms with Crippen molar-refractivity contribution in [3.05, 3.63) is 11.9 Å². The number of allylic oxidation sites excluding steroid dienone is 1. The van der Waals surface area contributed by atoms with Crippen molar-refractivity contribution in [1.29, 1.82) is 0 Å². The molecule has 0 saturated carbocycles. The normalized spacial score (nSPS) is 43.8. The highest BCUT2D eigenvalue weighted by molar-refractivity contribution is 5.39. The molecule has 1 atom stereocenters. The molecular formula is C5H4N+. The fourth-order valence-corrected chi connectivity index (χ4v) is 0.577. The van der Waals surface area contributed by atoms with Crippen molar-refractivity contribution in [3.63, 3.8) is 0 Å². The molecule has 6 heavy (non-hydrogen) atoms. The molecule has 1 unspecified atom stereocenters. The van der Waals surface area contributed by atoms with Crippen LogP contribution < -0.4 is 0 Å². The number of rotatable bonds is 0. The van der Waals surface area contributed by atoms with Crippen LogP contribution in [0.3, 0.4) is 0 Å². The maximum atomic E-state index is 2.95. The Morgan fingerprint density at radius 2 is 2.50 bits per heavy atom. The second kappa shape index (κ2) is 0.357. The van der Waals surface area contributed by atoms with Crippen molar-refractivity contribution in [1.82, 2.24) is 0 Å². The van der Waals surface area contributed by atoms with E-state index in [1.54, 1.807) is 0 Å². The van der Waals surface area contributed by atoms with E-state index in [-0.39, 0.29) is 0 Å². The van der Waals surface area contributed by atoms with Crippen molar-refractivity contribution >= 4 is 0 Å². The number of hydrogen-bond acceptors (Lipinski definition) is 0. The fraction of sp³-hybridized carbons (Fsp3) is 0.200. The van der Waals surface area contributed by atoms with Crippen LogP contribution in [0.2, 0.25) is 0 Å². The standard InChI is InChI=1S/C5H4N/c1-6-3-2-5(6)4-6/h4H,1H3/q+1. The average Bonchev–Trinajstić information content (AvgIpc) is 1.88. The average molecular weight is 78.1 g/mol. The highest BCUT2D eigenvalue weighted by Crippen LogP contribution is 2.34. The monoisotopic (exact) mass is 78.0 g/mol. The number of hydrogen-bond donors (Lipinski definition) is 0. The molecule has 0 spiro atoms. The summed E-state index contributed by atoms with van der Waals surface area (Å²) in [6.45, 7) is 0. The largest absolute Gasteiger partial charge is 0.262 e. The highest BCUT2D eigenvalue weighted by atomic mass is 15.4. The van der Waals surface area contributed by atoms with E-state index in [1.165, 1.54) is 5.70 Å². The van der Waals surface area contributed by atoms with Crippen molar-refractivity contribution in [2.24, 2.45) is 0 Å². The summed E-state index contributed by atoms with van der Waals surface area (Å²) in [6, 6.07) is 2.95. The third-order valence-corrected chi connectivity index (χ3v) is 1.23. The lowest BCUT2D eigenvalue weighted by Gasteiger charge is -2.02. The Hall–Kier alpha value is -0.740. The van der Waals surface area contributed by atoms with E-state index in [0.29, 0.717) is 0 Å². The summed E-state index contributed by atoms with van der Waals surface area (Å²) < 4.78 is 0.847. The maximum absolute atomic E-state index is 2.95. The molecule has 0 aromatic carbocycles. The molecule has 0 N–H and O–H groups in total. The molecule has 1 nitrogen and oxygen atoms in total. The Bertz CT molecular complexity index is 192. The summed E-state index contributed by atoms with van der Waals surface area (Å²) in [5, 5.41) is 0. The molecule has 0 radical (unpaired) electrons. The van der Waals surface area contributed by atoms with Crippen molar-refractivity contribution < 1.29 is 4.48 Å². The van der Waals surface area contributed by atoms with Gasteiger partial charge < -0.3 is 0 Å². The molecule has 2 aliphatic heterocycles. The summed E-state index contributed by atoms with van der Waals surface area (Å²) in [5.74, 6) is 2.91. The number of quaternary nitrogens is 1. The van der Waals surface area contributed by atoms with Crippen LogP contribution in [0, 0.1) is 12.0 Å². The minimum absolute atomic E-state index is 0.847. The van der Waals surface area contributed by atoms with Crippen molar-refractivity contribution in [3.8, 4) is 12.0 Å². The number of fused-ring (bicyclic) bond motifs is 1. The molecule has 0 amide bonds. The molecule has 0 aromatic heterocycles. The van der Waals surface area contributed by atoms with Gasteiger partial charge in [0, 0.05) is 0 Å². The van der Waals surface area contributed by atoms with Gasteiger partial charge in [-0.05, 0) is 0 Å². The number of nitrogens with zero attached hydrogens (tertiary/aromatic N) is 1. The van der Waals surface area contributed by atoms with Gasteiger partial charge in [0.1, 0.15) is 0 Å². The zero-order chi connectivity index (χ0) is 4.20. The molecule has 0 aromatic rings.